The minimum Gasteiger partial charge on any atom is -0.376 e. The fraction of sp³-hybridized carbons (Fsp3) is 0.412. The minimum atomic E-state index is -0.301. The Morgan fingerprint density at radius 3 is 2.74 bits per heavy atom. The number of aryl methyl sites for hydroxylation is 1. The predicted molar refractivity (Wildman–Crippen MR) is 83.5 cm³/mol. The lowest BCUT2D eigenvalue weighted by molar-refractivity contribution is 0.0672. The van der Waals surface area contributed by atoms with E-state index in [0.29, 0.717) is 12.2 Å². The van der Waals surface area contributed by atoms with E-state index in [1.807, 2.05) is 6.92 Å². The van der Waals surface area contributed by atoms with Gasteiger partial charge in [0.2, 0.25) is 0 Å². The molecule has 1 amide bonds. The van der Waals surface area contributed by atoms with Gasteiger partial charge in [0.15, 0.2) is 0 Å². The summed E-state index contributed by atoms with van der Waals surface area (Å²) < 4.78 is 20.6. The molecular formula is C17H20FN3O2. The van der Waals surface area contributed by atoms with Crippen LogP contribution in [-0.2, 0) is 11.8 Å². The van der Waals surface area contributed by atoms with Crippen molar-refractivity contribution < 1.29 is 13.9 Å². The molecule has 1 aliphatic rings. The molecule has 3 rings (SSSR count). The first-order valence-electron chi connectivity index (χ1n) is 7.73. The highest BCUT2D eigenvalue weighted by atomic mass is 19.1. The van der Waals surface area contributed by atoms with Crippen LogP contribution in [0.5, 0.6) is 0 Å². The number of rotatable bonds is 4. The van der Waals surface area contributed by atoms with Crippen molar-refractivity contribution in [2.24, 2.45) is 7.05 Å². The summed E-state index contributed by atoms with van der Waals surface area (Å²) in [6.07, 6.45) is 3.29. The first kappa shape index (κ1) is 15.7. The number of nitrogens with zero attached hydrogens (tertiary/aromatic N) is 2. The van der Waals surface area contributed by atoms with Crippen LogP contribution in [0, 0.1) is 12.7 Å². The number of carbonyl (C=O) groups is 1. The van der Waals surface area contributed by atoms with E-state index in [1.54, 1.807) is 30.1 Å². The lowest BCUT2D eigenvalue weighted by Gasteiger charge is -2.24. The molecule has 0 spiro atoms. The molecule has 1 aromatic heterocycles. The van der Waals surface area contributed by atoms with Gasteiger partial charge in [-0.25, -0.2) is 4.39 Å². The highest BCUT2D eigenvalue weighted by Crippen LogP contribution is 2.27. The van der Waals surface area contributed by atoms with Gasteiger partial charge in [-0.05, 0) is 37.5 Å². The number of hydrogen-bond acceptors (Lipinski definition) is 3. The van der Waals surface area contributed by atoms with Gasteiger partial charge >= 0.3 is 0 Å². The molecule has 5 nitrogen and oxygen atoms in total. The molecule has 1 aromatic carbocycles. The molecule has 2 heterocycles. The lowest BCUT2D eigenvalue weighted by atomic mass is 9.98. The predicted octanol–water partition coefficient (Wildman–Crippen LogP) is 2.52. The Hall–Kier alpha value is -2.21. The number of nitrogens with one attached hydrogen (secondary N) is 1. The van der Waals surface area contributed by atoms with Gasteiger partial charge < -0.3 is 10.1 Å². The molecule has 6 heteroatoms. The van der Waals surface area contributed by atoms with E-state index in [4.69, 9.17) is 4.74 Å². The third-order valence-electron chi connectivity index (χ3n) is 4.33. The zero-order valence-electron chi connectivity index (χ0n) is 13.3. The van der Waals surface area contributed by atoms with Crippen molar-refractivity contribution in [1.82, 2.24) is 15.1 Å². The van der Waals surface area contributed by atoms with Gasteiger partial charge in [0.1, 0.15) is 5.82 Å². The summed E-state index contributed by atoms with van der Waals surface area (Å²) in [6, 6.07) is 5.89. The molecule has 0 saturated carbocycles. The van der Waals surface area contributed by atoms with E-state index in [1.165, 1.54) is 12.1 Å². The average Bonchev–Trinajstić information content (AvgIpc) is 3.17. The van der Waals surface area contributed by atoms with Crippen molar-refractivity contribution in [1.29, 1.82) is 0 Å². The zero-order chi connectivity index (χ0) is 16.4. The van der Waals surface area contributed by atoms with E-state index in [9.17, 15) is 9.18 Å². The zero-order valence-corrected chi connectivity index (χ0v) is 13.3. The van der Waals surface area contributed by atoms with Crippen molar-refractivity contribution >= 4 is 5.91 Å². The summed E-state index contributed by atoms with van der Waals surface area (Å²) >= 11 is 0. The van der Waals surface area contributed by atoms with Crippen LogP contribution in [0.1, 0.15) is 40.5 Å². The number of hydrogen-bond donors (Lipinski definition) is 1. The van der Waals surface area contributed by atoms with Crippen LogP contribution in [0.4, 0.5) is 4.39 Å². The SMILES string of the molecule is Cc1c(C(=O)N[C@H](c2ccc(F)cc2)[C@H]2CCCO2)cnn1C. The highest BCUT2D eigenvalue weighted by Gasteiger charge is 2.29. The topological polar surface area (TPSA) is 56.1 Å². The Morgan fingerprint density at radius 2 is 2.17 bits per heavy atom. The first-order chi connectivity index (χ1) is 11.1. The van der Waals surface area contributed by atoms with E-state index < -0.39 is 0 Å². The lowest BCUT2D eigenvalue weighted by Crippen LogP contribution is -2.36. The van der Waals surface area contributed by atoms with Crippen molar-refractivity contribution in [2.75, 3.05) is 6.61 Å². The number of amides is 1. The van der Waals surface area contributed by atoms with Crippen LogP contribution in [0.3, 0.4) is 0 Å². The second-order valence-corrected chi connectivity index (χ2v) is 5.82. The fourth-order valence-corrected chi connectivity index (χ4v) is 2.87. The Morgan fingerprint density at radius 1 is 1.43 bits per heavy atom. The van der Waals surface area contributed by atoms with Gasteiger partial charge in [-0.3, -0.25) is 9.48 Å². The van der Waals surface area contributed by atoms with E-state index in [2.05, 4.69) is 10.4 Å². The number of carbonyl (C=O) groups excluding carboxylic acids is 1. The minimum absolute atomic E-state index is 0.0959. The van der Waals surface area contributed by atoms with Gasteiger partial charge in [-0.2, -0.15) is 5.10 Å². The molecule has 1 fully saturated rings. The molecule has 122 valence electrons. The van der Waals surface area contributed by atoms with Crippen LogP contribution >= 0.6 is 0 Å². The van der Waals surface area contributed by atoms with Crippen molar-refractivity contribution in [3.05, 3.63) is 53.1 Å². The monoisotopic (exact) mass is 317 g/mol. The van der Waals surface area contributed by atoms with Gasteiger partial charge in [-0.1, -0.05) is 12.1 Å². The van der Waals surface area contributed by atoms with Gasteiger partial charge in [0.05, 0.1) is 23.9 Å². The normalized spacial score (nSPS) is 18.8. The largest absolute Gasteiger partial charge is 0.376 e. The van der Waals surface area contributed by atoms with Crippen LogP contribution in [0.15, 0.2) is 30.5 Å². The van der Waals surface area contributed by atoms with Gasteiger partial charge in [0, 0.05) is 19.3 Å². The molecule has 2 atom stereocenters. The van der Waals surface area contributed by atoms with Crippen molar-refractivity contribution in [3.8, 4) is 0 Å². The van der Waals surface area contributed by atoms with E-state index >= 15 is 0 Å². The highest BCUT2D eigenvalue weighted by molar-refractivity contribution is 5.95. The molecule has 1 saturated heterocycles. The Balaban J connectivity index is 1.85. The molecule has 1 aliphatic heterocycles. The number of benzene rings is 1. The molecule has 0 unspecified atom stereocenters. The van der Waals surface area contributed by atoms with Crippen LogP contribution < -0.4 is 5.32 Å². The standard InChI is InChI=1S/C17H20FN3O2/c1-11-14(10-19-21(11)2)17(22)20-16(15-4-3-9-23-15)12-5-7-13(18)8-6-12/h5-8,10,15-16H,3-4,9H2,1-2H3,(H,20,22)/t15-,16-/m1/s1. The third-order valence-corrected chi connectivity index (χ3v) is 4.33. The smallest absolute Gasteiger partial charge is 0.255 e. The second kappa shape index (κ2) is 6.50. The third kappa shape index (κ3) is 3.27. The summed E-state index contributed by atoms with van der Waals surface area (Å²) in [7, 11) is 1.80. The quantitative estimate of drug-likeness (QED) is 0.943. The number of ether oxygens (including phenoxy) is 1. The summed E-state index contributed by atoms with van der Waals surface area (Å²) in [5.74, 6) is -0.491. The summed E-state index contributed by atoms with van der Waals surface area (Å²) in [5, 5.41) is 7.13. The van der Waals surface area contributed by atoms with Gasteiger partial charge in [-0.15, -0.1) is 0 Å². The first-order valence-corrected chi connectivity index (χ1v) is 7.73. The molecule has 0 bridgehead atoms. The maximum Gasteiger partial charge on any atom is 0.255 e. The van der Waals surface area contributed by atoms with Gasteiger partial charge in [0.25, 0.3) is 5.91 Å². The number of halogens is 1. The molecular weight excluding hydrogens is 297 g/mol. The van der Waals surface area contributed by atoms with Crippen LogP contribution in [-0.4, -0.2) is 28.4 Å². The van der Waals surface area contributed by atoms with Crippen LogP contribution in [0.25, 0.3) is 0 Å². The Bertz CT molecular complexity index is 690. The molecule has 1 N–H and O–H groups in total. The van der Waals surface area contributed by atoms with E-state index in [-0.39, 0.29) is 23.9 Å². The Labute approximate surface area is 134 Å². The second-order valence-electron chi connectivity index (χ2n) is 5.82. The summed E-state index contributed by atoms with van der Waals surface area (Å²) in [5.41, 5.74) is 2.18. The molecule has 2 aromatic rings. The van der Waals surface area contributed by atoms with E-state index in [0.717, 1.165) is 24.1 Å². The van der Waals surface area contributed by atoms with Crippen LogP contribution in [0.2, 0.25) is 0 Å². The van der Waals surface area contributed by atoms with Crippen molar-refractivity contribution in [2.45, 2.75) is 31.9 Å². The molecule has 23 heavy (non-hydrogen) atoms. The summed E-state index contributed by atoms with van der Waals surface area (Å²) in [4.78, 5) is 12.6. The fourth-order valence-electron chi connectivity index (χ4n) is 2.87. The number of aromatic nitrogens is 2. The maximum atomic E-state index is 13.2. The molecule has 0 aliphatic carbocycles. The average molecular weight is 317 g/mol. The maximum absolute atomic E-state index is 13.2. The Kier molecular flexibility index (Phi) is 4.43. The molecule has 0 radical (unpaired) electrons. The summed E-state index contributed by atoms with van der Waals surface area (Å²) in [6.45, 7) is 2.53. The van der Waals surface area contributed by atoms with Crippen molar-refractivity contribution in [3.63, 3.8) is 0 Å².